The molecule has 1 aromatic carbocycles. The summed E-state index contributed by atoms with van der Waals surface area (Å²) in [5.41, 5.74) is 1.96. The van der Waals surface area contributed by atoms with Gasteiger partial charge in [-0.2, -0.15) is 9.97 Å². The number of halogens is 2. The maximum atomic E-state index is 11.7. The Balaban J connectivity index is 1.49. The number of benzene rings is 1. The number of nitrogens with one attached hydrogen (secondary N) is 1. The van der Waals surface area contributed by atoms with Crippen LogP contribution in [0.25, 0.3) is 11.2 Å². The molecule has 10 nitrogen and oxygen atoms in total. The summed E-state index contributed by atoms with van der Waals surface area (Å²) in [7, 11) is 0. The molecule has 2 aliphatic rings. The summed E-state index contributed by atoms with van der Waals surface area (Å²) in [5.74, 6) is -1.60. The van der Waals surface area contributed by atoms with Gasteiger partial charge in [-0.1, -0.05) is 12.1 Å². The molecule has 168 valence electrons. The molecule has 2 aromatic heterocycles. The third-order valence-electron chi connectivity index (χ3n) is 5.29. The Kier molecular flexibility index (Phi) is 5.48. The molecule has 3 aromatic rings. The average molecular weight is 572 g/mol. The van der Waals surface area contributed by atoms with Crippen molar-refractivity contribution >= 4 is 57.1 Å². The molecule has 0 amide bonds. The number of anilines is 1. The second-order valence-corrected chi connectivity index (χ2v) is 9.58. The van der Waals surface area contributed by atoms with E-state index in [4.69, 9.17) is 25.8 Å². The number of hydrogen-bond acceptors (Lipinski definition) is 8. The van der Waals surface area contributed by atoms with Crippen LogP contribution in [-0.2, 0) is 25.5 Å². The van der Waals surface area contributed by atoms with Crippen LogP contribution in [-0.4, -0.2) is 54.7 Å². The Bertz CT molecular complexity index is 1200. The van der Waals surface area contributed by atoms with Crippen LogP contribution in [0.4, 0.5) is 5.82 Å². The van der Waals surface area contributed by atoms with Gasteiger partial charge in [0.25, 0.3) is 0 Å². The van der Waals surface area contributed by atoms with Crippen LogP contribution in [0.15, 0.2) is 30.6 Å². The second kappa shape index (κ2) is 8.06. The number of carboxylic acid groups (broad SMARTS) is 1. The SMILES string of the molecule is CC1(C)O[C@@H]2[C@H](O1)[C@@H](C(=O)O)O[C@H]2n1cnc2c(NCc3cccc(I)c3)nc(Cl)nc21. The van der Waals surface area contributed by atoms with Gasteiger partial charge in [0.15, 0.2) is 35.1 Å². The Morgan fingerprint density at radius 3 is 2.84 bits per heavy atom. The van der Waals surface area contributed by atoms with Crippen LogP contribution < -0.4 is 5.32 Å². The summed E-state index contributed by atoms with van der Waals surface area (Å²) in [4.78, 5) is 24.8. The molecule has 12 heteroatoms. The second-order valence-electron chi connectivity index (χ2n) is 8.00. The molecule has 0 saturated carbocycles. The lowest BCUT2D eigenvalue weighted by Gasteiger charge is -2.23. The highest BCUT2D eigenvalue weighted by Crippen LogP contribution is 2.44. The largest absolute Gasteiger partial charge is 0.479 e. The van der Waals surface area contributed by atoms with Gasteiger partial charge in [0.2, 0.25) is 5.28 Å². The van der Waals surface area contributed by atoms with E-state index in [0.29, 0.717) is 23.5 Å². The predicted octanol–water partition coefficient (Wildman–Crippen LogP) is 3.20. The topological polar surface area (TPSA) is 121 Å². The number of carbonyl (C=O) groups is 1. The number of aliphatic carboxylic acids is 1. The number of hydrogen-bond donors (Lipinski definition) is 2. The average Bonchev–Trinajstić information content (AvgIpc) is 3.36. The summed E-state index contributed by atoms with van der Waals surface area (Å²) in [5, 5.41) is 12.9. The van der Waals surface area contributed by atoms with Gasteiger partial charge in [-0.25, -0.2) is 9.78 Å². The highest BCUT2D eigenvalue weighted by atomic mass is 127. The van der Waals surface area contributed by atoms with Crippen molar-refractivity contribution in [1.82, 2.24) is 19.5 Å². The Morgan fingerprint density at radius 1 is 1.31 bits per heavy atom. The molecule has 5 rings (SSSR count). The minimum absolute atomic E-state index is 0.0256. The first-order valence-corrected chi connectivity index (χ1v) is 11.3. The van der Waals surface area contributed by atoms with Gasteiger partial charge in [-0.3, -0.25) is 4.57 Å². The molecular weight excluding hydrogens is 553 g/mol. The quantitative estimate of drug-likeness (QED) is 0.351. The lowest BCUT2D eigenvalue weighted by atomic mass is 10.1. The highest BCUT2D eigenvalue weighted by molar-refractivity contribution is 14.1. The van der Waals surface area contributed by atoms with Crippen molar-refractivity contribution in [3.05, 3.63) is 45.0 Å². The molecular formula is C20H19ClIN5O5. The summed E-state index contributed by atoms with van der Waals surface area (Å²) >= 11 is 8.46. The first-order valence-electron chi connectivity index (χ1n) is 9.84. The third-order valence-corrected chi connectivity index (χ3v) is 6.13. The minimum Gasteiger partial charge on any atom is -0.479 e. The highest BCUT2D eigenvalue weighted by Gasteiger charge is 2.58. The molecule has 4 heterocycles. The van der Waals surface area contributed by atoms with Crippen LogP contribution in [0, 0.1) is 3.57 Å². The lowest BCUT2D eigenvalue weighted by molar-refractivity contribution is -0.202. The van der Waals surface area contributed by atoms with E-state index in [0.717, 1.165) is 9.13 Å². The van der Waals surface area contributed by atoms with Crippen LogP contribution in [0.1, 0.15) is 25.6 Å². The molecule has 4 atom stereocenters. The predicted molar refractivity (Wildman–Crippen MR) is 122 cm³/mol. The van der Waals surface area contributed by atoms with Crippen molar-refractivity contribution in [1.29, 1.82) is 0 Å². The normalized spacial score (nSPS) is 26.4. The van der Waals surface area contributed by atoms with Crippen molar-refractivity contribution in [3.63, 3.8) is 0 Å². The van der Waals surface area contributed by atoms with Gasteiger partial charge in [0.05, 0.1) is 6.33 Å². The van der Waals surface area contributed by atoms with Gasteiger partial charge in [-0.15, -0.1) is 0 Å². The Hall–Kier alpha value is -2.06. The van der Waals surface area contributed by atoms with Gasteiger partial charge in [0.1, 0.15) is 12.2 Å². The number of nitrogens with zero attached hydrogens (tertiary/aromatic N) is 4. The first-order chi connectivity index (χ1) is 15.2. The van der Waals surface area contributed by atoms with Crippen molar-refractivity contribution in [2.75, 3.05) is 5.32 Å². The van der Waals surface area contributed by atoms with E-state index in [1.165, 1.54) is 6.33 Å². The van der Waals surface area contributed by atoms with Gasteiger partial charge >= 0.3 is 5.97 Å². The fourth-order valence-corrected chi connectivity index (χ4v) is 4.80. The van der Waals surface area contributed by atoms with Gasteiger partial charge < -0.3 is 24.6 Å². The standard InChI is InChI=1S/C20H19ClIN5O5/c1-20(2)31-12-13(32-20)17(30-14(12)18(28)29)27-8-24-11-15(25-19(21)26-16(11)27)23-7-9-4-3-5-10(22)6-9/h3-6,8,12-14,17H,7H2,1-2H3,(H,28,29)(H,23,25,26)/t12-,13+,14-,17+/m0/s1. The molecule has 0 bridgehead atoms. The molecule has 2 N–H and O–H groups in total. The third kappa shape index (κ3) is 3.92. The van der Waals surface area contributed by atoms with Crippen LogP contribution in [0.3, 0.4) is 0 Å². The number of carboxylic acids is 1. The number of imidazole rings is 1. The summed E-state index contributed by atoms with van der Waals surface area (Å²) in [6.07, 6.45) is -1.88. The molecule has 2 aliphatic heterocycles. The van der Waals surface area contributed by atoms with E-state index in [-0.39, 0.29) is 5.28 Å². The van der Waals surface area contributed by atoms with Crippen molar-refractivity contribution < 1.29 is 24.1 Å². The number of aromatic nitrogens is 4. The minimum atomic E-state index is -1.18. The number of rotatable bonds is 5. The monoisotopic (exact) mass is 571 g/mol. The van der Waals surface area contributed by atoms with Crippen LogP contribution >= 0.6 is 34.2 Å². The molecule has 0 radical (unpaired) electrons. The lowest BCUT2D eigenvalue weighted by Crippen LogP contribution is -2.35. The Labute approximate surface area is 201 Å². The van der Waals surface area contributed by atoms with E-state index in [1.807, 2.05) is 18.2 Å². The van der Waals surface area contributed by atoms with Crippen molar-refractivity contribution in [2.45, 2.75) is 50.7 Å². The summed E-state index contributed by atoms with van der Waals surface area (Å²) in [6.45, 7) is 3.99. The van der Waals surface area contributed by atoms with E-state index in [2.05, 4.69) is 48.9 Å². The van der Waals surface area contributed by atoms with E-state index < -0.39 is 36.3 Å². The maximum absolute atomic E-state index is 11.7. The fraction of sp³-hybridized carbons (Fsp3) is 0.400. The zero-order valence-corrected chi connectivity index (χ0v) is 19.9. The Morgan fingerprint density at radius 2 is 2.09 bits per heavy atom. The van der Waals surface area contributed by atoms with E-state index >= 15 is 0 Å². The maximum Gasteiger partial charge on any atom is 0.335 e. The van der Waals surface area contributed by atoms with Crippen molar-refractivity contribution in [2.24, 2.45) is 0 Å². The number of ether oxygens (including phenoxy) is 3. The fourth-order valence-electron chi connectivity index (χ4n) is 4.03. The smallest absolute Gasteiger partial charge is 0.335 e. The summed E-state index contributed by atoms with van der Waals surface area (Å²) in [6, 6.07) is 8.06. The molecule has 2 saturated heterocycles. The van der Waals surface area contributed by atoms with Crippen LogP contribution in [0.5, 0.6) is 0 Å². The zero-order valence-electron chi connectivity index (χ0n) is 17.0. The molecule has 0 unspecified atom stereocenters. The molecule has 0 aliphatic carbocycles. The van der Waals surface area contributed by atoms with E-state index in [9.17, 15) is 9.90 Å². The molecule has 2 fully saturated rings. The van der Waals surface area contributed by atoms with Gasteiger partial charge in [0, 0.05) is 10.1 Å². The first kappa shape index (κ1) is 21.8. The van der Waals surface area contributed by atoms with Crippen LogP contribution in [0.2, 0.25) is 5.28 Å². The number of fused-ring (bicyclic) bond motifs is 2. The summed E-state index contributed by atoms with van der Waals surface area (Å²) < 4.78 is 20.3. The van der Waals surface area contributed by atoms with Gasteiger partial charge in [-0.05, 0) is 65.7 Å². The zero-order chi connectivity index (χ0) is 22.6. The van der Waals surface area contributed by atoms with E-state index in [1.54, 1.807) is 18.4 Å². The molecule has 32 heavy (non-hydrogen) atoms. The molecule has 0 spiro atoms. The van der Waals surface area contributed by atoms with Crippen molar-refractivity contribution in [3.8, 4) is 0 Å².